The van der Waals surface area contributed by atoms with Gasteiger partial charge >= 0.3 is 0 Å². The third-order valence-electron chi connectivity index (χ3n) is 5.15. The van der Waals surface area contributed by atoms with Crippen LogP contribution in [0.4, 0.5) is 0 Å². The van der Waals surface area contributed by atoms with Crippen LogP contribution in [0.5, 0.6) is 0 Å². The molecule has 2 aliphatic carbocycles. The number of nitrogens with zero attached hydrogens (tertiary/aromatic N) is 3. The van der Waals surface area contributed by atoms with Crippen LogP contribution in [0.2, 0.25) is 0 Å². The fourth-order valence-electron chi connectivity index (χ4n) is 3.44. The van der Waals surface area contributed by atoms with Crippen molar-refractivity contribution in [3.63, 3.8) is 0 Å². The van der Waals surface area contributed by atoms with Crippen molar-refractivity contribution in [1.82, 2.24) is 9.88 Å². The fraction of sp³-hybridized carbons (Fsp3) is 0.115. The van der Waals surface area contributed by atoms with E-state index in [4.69, 9.17) is 11.7 Å². The van der Waals surface area contributed by atoms with E-state index in [0.717, 1.165) is 17.6 Å². The molecule has 0 spiro atoms. The third kappa shape index (κ3) is 4.14. The molecule has 0 bridgehead atoms. The number of pyridine rings is 1. The second-order valence-electron chi connectivity index (χ2n) is 7.05. The summed E-state index contributed by atoms with van der Waals surface area (Å²) >= 11 is 0. The molecule has 1 aromatic heterocycles. The van der Waals surface area contributed by atoms with E-state index in [9.17, 15) is 4.79 Å². The normalized spacial score (nSPS) is 13.1. The molecular formula is C26H19N3O. The van der Waals surface area contributed by atoms with Crippen molar-refractivity contribution < 1.29 is 4.79 Å². The van der Waals surface area contributed by atoms with Crippen molar-refractivity contribution in [3.8, 4) is 29.5 Å². The lowest BCUT2D eigenvalue weighted by atomic mass is 9.97. The first-order valence-corrected chi connectivity index (χ1v) is 9.70. The Morgan fingerprint density at radius 2 is 1.80 bits per heavy atom. The van der Waals surface area contributed by atoms with Crippen LogP contribution in [0, 0.1) is 23.7 Å². The third-order valence-corrected chi connectivity index (χ3v) is 5.15. The highest BCUT2D eigenvalue weighted by molar-refractivity contribution is 5.96. The van der Waals surface area contributed by atoms with E-state index in [-0.39, 0.29) is 5.91 Å². The molecule has 0 saturated heterocycles. The van der Waals surface area contributed by atoms with Gasteiger partial charge in [0, 0.05) is 19.3 Å². The van der Waals surface area contributed by atoms with Crippen molar-refractivity contribution in [1.29, 1.82) is 5.26 Å². The molecule has 1 amide bonds. The van der Waals surface area contributed by atoms with Gasteiger partial charge in [-0.15, -0.1) is 6.42 Å². The number of rotatable bonds is 2. The number of hydrogen-bond acceptors (Lipinski definition) is 3. The van der Waals surface area contributed by atoms with Crippen LogP contribution in [0.3, 0.4) is 0 Å². The fourth-order valence-corrected chi connectivity index (χ4v) is 3.44. The van der Waals surface area contributed by atoms with Gasteiger partial charge in [-0.1, -0.05) is 36.4 Å². The molecule has 30 heavy (non-hydrogen) atoms. The summed E-state index contributed by atoms with van der Waals surface area (Å²) in [5.74, 6) is 2.36. The predicted octanol–water partition coefficient (Wildman–Crippen LogP) is 4.53. The van der Waals surface area contributed by atoms with Crippen LogP contribution in [0.1, 0.15) is 33.6 Å². The Kier molecular flexibility index (Phi) is 5.42. The van der Waals surface area contributed by atoms with Crippen LogP contribution in [-0.4, -0.2) is 28.9 Å². The van der Waals surface area contributed by atoms with E-state index in [1.807, 2.05) is 24.3 Å². The number of aromatic nitrogens is 1. The minimum Gasteiger partial charge on any atom is -0.334 e. The number of hydrogen-bond donors (Lipinski definition) is 0. The molecule has 1 aliphatic heterocycles. The molecule has 0 fully saturated rings. The van der Waals surface area contributed by atoms with Crippen molar-refractivity contribution >= 4 is 11.5 Å². The van der Waals surface area contributed by atoms with Gasteiger partial charge in [0.1, 0.15) is 5.69 Å². The molecule has 144 valence electrons. The zero-order valence-corrected chi connectivity index (χ0v) is 16.4. The Morgan fingerprint density at radius 1 is 1.03 bits per heavy atom. The number of carbonyl (C=O) groups is 1. The number of benzene rings is 2. The van der Waals surface area contributed by atoms with Crippen molar-refractivity contribution in [2.75, 3.05) is 13.1 Å². The first kappa shape index (κ1) is 19.2. The maximum absolute atomic E-state index is 12.6. The molecule has 0 N–H and O–H groups in total. The number of amides is 1. The lowest BCUT2D eigenvalue weighted by Crippen LogP contribution is -2.35. The molecule has 3 aliphatic rings. The van der Waals surface area contributed by atoms with Crippen molar-refractivity contribution in [2.24, 2.45) is 0 Å². The summed E-state index contributed by atoms with van der Waals surface area (Å²) in [6, 6.07) is 21.6. The van der Waals surface area contributed by atoms with E-state index in [1.54, 1.807) is 29.3 Å². The van der Waals surface area contributed by atoms with Gasteiger partial charge in [0.25, 0.3) is 5.91 Å². The van der Waals surface area contributed by atoms with Gasteiger partial charge in [0.15, 0.2) is 0 Å². The summed E-state index contributed by atoms with van der Waals surface area (Å²) in [6.07, 6.45) is 9.78. The predicted molar refractivity (Wildman–Crippen MR) is 117 cm³/mol. The molecule has 2 aromatic rings. The van der Waals surface area contributed by atoms with Crippen LogP contribution < -0.4 is 0 Å². The first-order valence-electron chi connectivity index (χ1n) is 9.70. The molecular weight excluding hydrogens is 370 g/mol. The molecule has 4 heteroatoms. The maximum Gasteiger partial charge on any atom is 0.257 e. The lowest BCUT2D eigenvalue weighted by Gasteiger charge is -2.27. The Hall–Kier alpha value is -4.15. The van der Waals surface area contributed by atoms with E-state index in [2.05, 4.69) is 41.2 Å². The maximum atomic E-state index is 12.6. The van der Waals surface area contributed by atoms with Crippen LogP contribution in [-0.2, 0) is 0 Å². The van der Waals surface area contributed by atoms with Gasteiger partial charge in [-0.25, -0.2) is 4.98 Å². The van der Waals surface area contributed by atoms with Gasteiger partial charge in [-0.2, -0.15) is 5.26 Å². The van der Waals surface area contributed by atoms with Gasteiger partial charge in [-0.05, 0) is 64.9 Å². The first-order chi connectivity index (χ1) is 14.7. The summed E-state index contributed by atoms with van der Waals surface area (Å²) in [5.41, 5.74) is 6.51. The average molecular weight is 389 g/mol. The summed E-state index contributed by atoms with van der Waals surface area (Å²) in [5, 5.41) is 9.01. The van der Waals surface area contributed by atoms with Gasteiger partial charge in [0.2, 0.25) is 0 Å². The second kappa shape index (κ2) is 8.47. The quantitative estimate of drug-likeness (QED) is 0.473. The molecule has 5 rings (SSSR count). The SMILES string of the molecule is C#Cc1ncccc1C(=O)N1CC=C(c2cccc(C#N)c2)CC1.c1cc2cc-2c1. The molecule has 0 saturated carbocycles. The van der Waals surface area contributed by atoms with Crippen molar-refractivity contribution in [3.05, 3.63) is 95.3 Å². The highest BCUT2D eigenvalue weighted by Crippen LogP contribution is 2.32. The zero-order chi connectivity index (χ0) is 20.9. The largest absolute Gasteiger partial charge is 0.334 e. The van der Waals surface area contributed by atoms with E-state index in [1.165, 1.54) is 11.1 Å². The van der Waals surface area contributed by atoms with Crippen LogP contribution in [0.25, 0.3) is 16.7 Å². The smallest absolute Gasteiger partial charge is 0.257 e. The minimum atomic E-state index is -0.0999. The minimum absolute atomic E-state index is 0.0999. The molecule has 0 radical (unpaired) electrons. The summed E-state index contributed by atoms with van der Waals surface area (Å²) < 4.78 is 0. The van der Waals surface area contributed by atoms with Gasteiger partial charge < -0.3 is 4.90 Å². The molecule has 2 heterocycles. The molecule has 4 nitrogen and oxygen atoms in total. The monoisotopic (exact) mass is 389 g/mol. The summed E-state index contributed by atoms with van der Waals surface area (Å²) in [6.45, 7) is 1.13. The Labute approximate surface area is 176 Å². The number of terminal acetylenes is 1. The Balaban J connectivity index is 0.000000305. The van der Waals surface area contributed by atoms with Gasteiger partial charge in [-0.3, -0.25) is 4.79 Å². The van der Waals surface area contributed by atoms with Crippen LogP contribution in [0.15, 0.2) is 72.9 Å². The average Bonchev–Trinajstić information content (AvgIpc) is 3.43. The summed E-state index contributed by atoms with van der Waals surface area (Å²) in [7, 11) is 0. The Bertz CT molecular complexity index is 1210. The zero-order valence-electron chi connectivity index (χ0n) is 16.4. The summed E-state index contributed by atoms with van der Waals surface area (Å²) in [4.78, 5) is 18.5. The van der Waals surface area contributed by atoms with E-state index in [0.29, 0.717) is 29.9 Å². The lowest BCUT2D eigenvalue weighted by molar-refractivity contribution is 0.0772. The molecule has 1 aromatic carbocycles. The standard InChI is InChI=1S/C20H15N3O.C6H4/c1-2-19-18(7-4-10-22-19)20(24)23-11-8-16(9-12-23)17-6-3-5-15(13-17)14-21;1-2-5-4-6(5)3-1/h1,3-8,10,13H,9,11-12H2;1-4H. The molecule has 0 atom stereocenters. The number of fused-ring (bicyclic) bond motifs is 1. The van der Waals surface area contributed by atoms with Crippen LogP contribution >= 0.6 is 0 Å². The van der Waals surface area contributed by atoms with Gasteiger partial charge in [0.05, 0.1) is 17.2 Å². The number of carbonyl (C=O) groups excluding carboxylic acids is 1. The number of nitriles is 1. The molecule has 0 unspecified atom stereocenters. The highest BCUT2D eigenvalue weighted by Gasteiger charge is 2.21. The van der Waals surface area contributed by atoms with E-state index < -0.39 is 0 Å². The highest BCUT2D eigenvalue weighted by atomic mass is 16.2. The Morgan fingerprint density at radius 3 is 2.40 bits per heavy atom. The second-order valence-corrected chi connectivity index (χ2v) is 7.05. The van der Waals surface area contributed by atoms with Crippen molar-refractivity contribution in [2.45, 2.75) is 6.42 Å². The van der Waals surface area contributed by atoms with E-state index >= 15 is 0 Å². The topological polar surface area (TPSA) is 57.0 Å².